The molecule has 0 aliphatic rings. The molecule has 20 heavy (non-hydrogen) atoms. The molecule has 4 nitrogen and oxygen atoms in total. The van der Waals surface area contributed by atoms with Crippen LogP contribution in [0.1, 0.15) is 12.0 Å². The average molecular weight is 289 g/mol. The van der Waals surface area contributed by atoms with Crippen molar-refractivity contribution < 1.29 is 27.8 Å². The SMILES string of the molecule is OCC#Cc1cncc(OCCCOCC(F)(F)F)c1. The summed E-state index contributed by atoms with van der Waals surface area (Å²) in [5.41, 5.74) is 0.588. The van der Waals surface area contributed by atoms with E-state index in [4.69, 9.17) is 9.84 Å². The van der Waals surface area contributed by atoms with Crippen molar-refractivity contribution in [3.8, 4) is 17.6 Å². The number of alkyl halides is 3. The van der Waals surface area contributed by atoms with Crippen LogP contribution in [0.25, 0.3) is 0 Å². The maximum Gasteiger partial charge on any atom is 0.411 e. The zero-order valence-corrected chi connectivity index (χ0v) is 10.6. The van der Waals surface area contributed by atoms with Crippen molar-refractivity contribution >= 4 is 0 Å². The molecule has 0 saturated carbocycles. The maximum absolute atomic E-state index is 11.8. The van der Waals surface area contributed by atoms with Gasteiger partial charge in [-0.1, -0.05) is 11.8 Å². The predicted molar refractivity (Wildman–Crippen MR) is 65.2 cm³/mol. The summed E-state index contributed by atoms with van der Waals surface area (Å²) >= 11 is 0. The lowest BCUT2D eigenvalue weighted by Gasteiger charge is -2.08. The first-order valence-electron chi connectivity index (χ1n) is 5.83. The van der Waals surface area contributed by atoms with E-state index < -0.39 is 12.8 Å². The van der Waals surface area contributed by atoms with Crippen molar-refractivity contribution in [2.45, 2.75) is 12.6 Å². The first-order chi connectivity index (χ1) is 9.51. The van der Waals surface area contributed by atoms with Crippen molar-refractivity contribution in [2.75, 3.05) is 26.4 Å². The summed E-state index contributed by atoms with van der Waals surface area (Å²) in [5, 5.41) is 8.56. The number of pyridine rings is 1. The summed E-state index contributed by atoms with van der Waals surface area (Å²) < 4.78 is 45.1. The van der Waals surface area contributed by atoms with Crippen LogP contribution in [0.3, 0.4) is 0 Å². The molecule has 0 aliphatic heterocycles. The highest BCUT2D eigenvalue weighted by Crippen LogP contribution is 2.14. The van der Waals surface area contributed by atoms with Gasteiger partial charge in [0.1, 0.15) is 19.0 Å². The van der Waals surface area contributed by atoms with Crippen LogP contribution < -0.4 is 4.74 Å². The molecule has 1 aromatic rings. The summed E-state index contributed by atoms with van der Waals surface area (Å²) in [4.78, 5) is 3.90. The molecule has 1 aromatic heterocycles. The van der Waals surface area contributed by atoms with E-state index in [9.17, 15) is 13.2 Å². The van der Waals surface area contributed by atoms with E-state index in [1.807, 2.05) is 0 Å². The normalized spacial score (nSPS) is 10.8. The highest BCUT2D eigenvalue weighted by molar-refractivity contribution is 5.36. The van der Waals surface area contributed by atoms with Crippen LogP contribution >= 0.6 is 0 Å². The van der Waals surface area contributed by atoms with Crippen molar-refractivity contribution in [1.82, 2.24) is 4.98 Å². The smallest absolute Gasteiger partial charge is 0.411 e. The Labute approximate surface area is 114 Å². The number of aliphatic hydroxyl groups excluding tert-OH is 1. The fourth-order valence-electron chi connectivity index (χ4n) is 1.25. The van der Waals surface area contributed by atoms with Gasteiger partial charge >= 0.3 is 6.18 Å². The van der Waals surface area contributed by atoms with Gasteiger partial charge in [0.2, 0.25) is 0 Å². The molecule has 1 rings (SSSR count). The molecule has 1 heterocycles. The van der Waals surface area contributed by atoms with Crippen molar-refractivity contribution in [3.05, 3.63) is 24.0 Å². The van der Waals surface area contributed by atoms with E-state index in [2.05, 4.69) is 21.6 Å². The molecule has 0 spiro atoms. The number of ether oxygens (including phenoxy) is 2. The highest BCUT2D eigenvalue weighted by atomic mass is 19.4. The lowest BCUT2D eigenvalue weighted by molar-refractivity contribution is -0.174. The molecule has 0 atom stereocenters. The molecule has 110 valence electrons. The van der Waals surface area contributed by atoms with E-state index in [-0.39, 0.29) is 19.8 Å². The monoisotopic (exact) mass is 289 g/mol. The number of halogens is 3. The topological polar surface area (TPSA) is 51.6 Å². The molecule has 7 heteroatoms. The van der Waals surface area contributed by atoms with Gasteiger partial charge in [0, 0.05) is 18.2 Å². The Balaban J connectivity index is 2.25. The Morgan fingerprint density at radius 2 is 2.05 bits per heavy atom. The van der Waals surface area contributed by atoms with Gasteiger partial charge in [-0.3, -0.25) is 4.98 Å². The molecule has 0 amide bonds. The minimum atomic E-state index is -4.30. The molecule has 0 fully saturated rings. The highest BCUT2D eigenvalue weighted by Gasteiger charge is 2.27. The lowest BCUT2D eigenvalue weighted by Crippen LogP contribution is -2.18. The third-order valence-electron chi connectivity index (χ3n) is 1.99. The first-order valence-corrected chi connectivity index (χ1v) is 5.83. The molecule has 1 N–H and O–H groups in total. The fraction of sp³-hybridized carbons (Fsp3) is 0.462. The van der Waals surface area contributed by atoms with Gasteiger partial charge in [-0.25, -0.2) is 0 Å². The van der Waals surface area contributed by atoms with E-state index in [1.165, 1.54) is 12.4 Å². The first kappa shape index (κ1) is 16.3. The number of aromatic nitrogens is 1. The van der Waals surface area contributed by atoms with E-state index >= 15 is 0 Å². The summed E-state index contributed by atoms with van der Waals surface area (Å²) in [6.07, 6.45) is -0.976. The number of nitrogens with zero attached hydrogens (tertiary/aromatic N) is 1. The van der Waals surface area contributed by atoms with E-state index in [1.54, 1.807) is 6.07 Å². The zero-order chi connectivity index (χ0) is 14.8. The molecular formula is C13H14F3NO3. The Hall–Kier alpha value is -1.78. The van der Waals surface area contributed by atoms with Crippen molar-refractivity contribution in [2.24, 2.45) is 0 Å². The maximum atomic E-state index is 11.8. The Kier molecular flexibility index (Phi) is 6.84. The van der Waals surface area contributed by atoms with Crippen LogP contribution in [-0.4, -0.2) is 42.7 Å². The third-order valence-corrected chi connectivity index (χ3v) is 1.99. The second-order valence-corrected chi connectivity index (χ2v) is 3.74. The van der Waals surface area contributed by atoms with Crippen LogP contribution in [0, 0.1) is 11.8 Å². The van der Waals surface area contributed by atoms with E-state index in [0.29, 0.717) is 17.7 Å². The van der Waals surface area contributed by atoms with Crippen LogP contribution in [0.4, 0.5) is 13.2 Å². The van der Waals surface area contributed by atoms with Crippen LogP contribution in [0.2, 0.25) is 0 Å². The van der Waals surface area contributed by atoms with Gasteiger partial charge in [0.05, 0.1) is 19.4 Å². The zero-order valence-electron chi connectivity index (χ0n) is 10.6. The molecule has 0 aromatic carbocycles. The number of hydrogen-bond acceptors (Lipinski definition) is 4. The summed E-state index contributed by atoms with van der Waals surface area (Å²) in [7, 11) is 0. The summed E-state index contributed by atoms with van der Waals surface area (Å²) in [6, 6.07) is 1.63. The number of hydrogen-bond donors (Lipinski definition) is 1. The summed E-state index contributed by atoms with van der Waals surface area (Å²) in [5.74, 6) is 5.61. The van der Waals surface area contributed by atoms with Gasteiger partial charge < -0.3 is 14.6 Å². The Bertz CT molecular complexity index is 466. The van der Waals surface area contributed by atoms with Gasteiger partial charge in [-0.2, -0.15) is 13.2 Å². The second-order valence-electron chi connectivity index (χ2n) is 3.74. The van der Waals surface area contributed by atoms with Gasteiger partial charge in [0.15, 0.2) is 0 Å². The van der Waals surface area contributed by atoms with Crippen LogP contribution in [0.15, 0.2) is 18.5 Å². The predicted octanol–water partition coefficient (Wildman–Crippen LogP) is 1.77. The molecule has 0 radical (unpaired) electrons. The molecule has 0 aliphatic carbocycles. The fourth-order valence-corrected chi connectivity index (χ4v) is 1.25. The van der Waals surface area contributed by atoms with Crippen LogP contribution in [0.5, 0.6) is 5.75 Å². The van der Waals surface area contributed by atoms with Crippen molar-refractivity contribution in [1.29, 1.82) is 0 Å². The second kappa shape index (κ2) is 8.40. The van der Waals surface area contributed by atoms with Crippen molar-refractivity contribution in [3.63, 3.8) is 0 Å². The Morgan fingerprint density at radius 1 is 1.25 bits per heavy atom. The molecular weight excluding hydrogens is 275 g/mol. The lowest BCUT2D eigenvalue weighted by atomic mass is 10.3. The van der Waals surface area contributed by atoms with Crippen LogP contribution in [-0.2, 0) is 4.74 Å². The average Bonchev–Trinajstić information content (AvgIpc) is 2.40. The molecule has 0 bridgehead atoms. The van der Waals surface area contributed by atoms with Gasteiger partial charge in [-0.05, 0) is 6.07 Å². The molecule has 0 saturated heterocycles. The minimum absolute atomic E-state index is 0.0308. The third kappa shape index (κ3) is 7.61. The van der Waals surface area contributed by atoms with Gasteiger partial charge in [-0.15, -0.1) is 0 Å². The van der Waals surface area contributed by atoms with E-state index in [0.717, 1.165) is 0 Å². The van der Waals surface area contributed by atoms with Gasteiger partial charge in [0.25, 0.3) is 0 Å². The Morgan fingerprint density at radius 3 is 2.75 bits per heavy atom. The summed E-state index contributed by atoms with van der Waals surface area (Å²) in [6.45, 7) is -1.31. The largest absolute Gasteiger partial charge is 0.492 e. The standard InChI is InChI=1S/C13H14F3NO3/c14-13(15,16)10-19-5-2-6-20-12-7-11(3-1-4-18)8-17-9-12/h7-9,18H,2,4-6,10H2. The quantitative estimate of drug-likeness (QED) is 0.640. The molecule has 0 unspecified atom stereocenters. The number of rotatable bonds is 6. The minimum Gasteiger partial charge on any atom is -0.492 e. The number of aliphatic hydroxyl groups is 1.